The van der Waals surface area contributed by atoms with Crippen molar-refractivity contribution in [3.05, 3.63) is 34.3 Å². The van der Waals surface area contributed by atoms with Gasteiger partial charge in [0, 0.05) is 17.6 Å². The van der Waals surface area contributed by atoms with E-state index in [1.807, 2.05) is 17.2 Å². The molecule has 1 atom stereocenters. The maximum absolute atomic E-state index is 5.79. The lowest BCUT2D eigenvalue weighted by molar-refractivity contribution is -0.140. The van der Waals surface area contributed by atoms with Gasteiger partial charge in [-0.25, -0.2) is 0 Å². The average Bonchev–Trinajstić information content (AvgIpc) is 2.75. The van der Waals surface area contributed by atoms with Gasteiger partial charge in [-0.15, -0.1) is 0 Å². The predicted molar refractivity (Wildman–Crippen MR) is 63.2 cm³/mol. The summed E-state index contributed by atoms with van der Waals surface area (Å²) in [6, 6.07) is 8.43. The monoisotopic (exact) mass is 270 g/mol. The Bertz CT molecular complexity index is 309. The molecule has 1 unspecified atom stereocenters. The maximum atomic E-state index is 5.79. The van der Waals surface area contributed by atoms with Gasteiger partial charge in [0.15, 0.2) is 0 Å². The van der Waals surface area contributed by atoms with Crippen LogP contribution in [0.15, 0.2) is 28.7 Å². The molecule has 1 saturated heterocycles. The van der Waals surface area contributed by atoms with Crippen molar-refractivity contribution in [1.82, 2.24) is 5.06 Å². The zero-order valence-electron chi connectivity index (χ0n) is 8.53. The summed E-state index contributed by atoms with van der Waals surface area (Å²) in [5, 5.41) is 1.99. The van der Waals surface area contributed by atoms with E-state index in [4.69, 9.17) is 10.6 Å². The van der Waals surface area contributed by atoms with E-state index in [0.29, 0.717) is 6.54 Å². The highest BCUT2D eigenvalue weighted by molar-refractivity contribution is 9.10. The molecule has 0 saturated carbocycles. The Hall–Kier alpha value is -0.420. The Morgan fingerprint density at radius 2 is 2.13 bits per heavy atom. The molecule has 0 radical (unpaired) electrons. The predicted octanol–water partition coefficient (Wildman–Crippen LogP) is 2.09. The Kier molecular flexibility index (Phi) is 3.75. The fourth-order valence-corrected chi connectivity index (χ4v) is 2.08. The Labute approximate surface area is 98.3 Å². The SMILES string of the molecule is NCC(c1ccc(Br)cc1)N1CCCO1. The lowest BCUT2D eigenvalue weighted by Gasteiger charge is -2.25. The fourth-order valence-electron chi connectivity index (χ4n) is 1.82. The number of nitrogens with two attached hydrogens (primary N) is 1. The number of benzene rings is 1. The minimum atomic E-state index is 0.181. The molecule has 0 bridgehead atoms. The molecule has 1 aliphatic heterocycles. The van der Waals surface area contributed by atoms with Crippen LogP contribution in [-0.4, -0.2) is 24.8 Å². The molecule has 2 N–H and O–H groups in total. The Balaban J connectivity index is 2.14. The van der Waals surface area contributed by atoms with Crippen LogP contribution >= 0.6 is 15.9 Å². The van der Waals surface area contributed by atoms with Gasteiger partial charge in [-0.05, 0) is 24.1 Å². The first-order valence-electron chi connectivity index (χ1n) is 5.16. The zero-order valence-corrected chi connectivity index (χ0v) is 10.1. The van der Waals surface area contributed by atoms with Crippen molar-refractivity contribution in [2.45, 2.75) is 12.5 Å². The van der Waals surface area contributed by atoms with E-state index in [1.54, 1.807) is 0 Å². The van der Waals surface area contributed by atoms with Gasteiger partial charge in [0.25, 0.3) is 0 Å². The number of halogens is 1. The quantitative estimate of drug-likeness (QED) is 0.914. The molecule has 1 aromatic carbocycles. The second kappa shape index (κ2) is 5.07. The van der Waals surface area contributed by atoms with Crippen LogP contribution in [0.4, 0.5) is 0 Å². The smallest absolute Gasteiger partial charge is 0.0724 e. The van der Waals surface area contributed by atoms with Gasteiger partial charge in [0.05, 0.1) is 12.6 Å². The van der Waals surface area contributed by atoms with E-state index in [-0.39, 0.29) is 6.04 Å². The highest BCUT2D eigenvalue weighted by Gasteiger charge is 2.23. The molecule has 0 aliphatic carbocycles. The van der Waals surface area contributed by atoms with Crippen molar-refractivity contribution < 1.29 is 4.84 Å². The van der Waals surface area contributed by atoms with Crippen molar-refractivity contribution in [1.29, 1.82) is 0 Å². The van der Waals surface area contributed by atoms with Crippen LogP contribution in [0.5, 0.6) is 0 Å². The van der Waals surface area contributed by atoms with Crippen LogP contribution in [-0.2, 0) is 4.84 Å². The van der Waals surface area contributed by atoms with Gasteiger partial charge in [-0.2, -0.15) is 5.06 Å². The summed E-state index contributed by atoms with van der Waals surface area (Å²) in [4.78, 5) is 5.53. The normalized spacial score (nSPS) is 19.3. The molecule has 2 rings (SSSR count). The van der Waals surface area contributed by atoms with E-state index in [0.717, 1.165) is 24.0 Å². The summed E-state index contributed by atoms with van der Waals surface area (Å²) in [6.45, 7) is 2.37. The van der Waals surface area contributed by atoms with E-state index < -0.39 is 0 Å². The lowest BCUT2D eigenvalue weighted by Crippen LogP contribution is -2.30. The Morgan fingerprint density at radius 3 is 2.67 bits per heavy atom. The van der Waals surface area contributed by atoms with Crippen LogP contribution in [0.1, 0.15) is 18.0 Å². The summed E-state index contributed by atoms with van der Waals surface area (Å²) in [7, 11) is 0. The number of rotatable bonds is 3. The summed E-state index contributed by atoms with van der Waals surface area (Å²) in [6.07, 6.45) is 1.09. The molecule has 4 heteroatoms. The third kappa shape index (κ3) is 2.58. The number of nitrogens with zero attached hydrogens (tertiary/aromatic N) is 1. The second-order valence-electron chi connectivity index (χ2n) is 3.63. The largest absolute Gasteiger partial charge is 0.329 e. The van der Waals surface area contributed by atoms with Crippen molar-refractivity contribution in [2.24, 2.45) is 5.73 Å². The Morgan fingerprint density at radius 1 is 1.40 bits per heavy atom. The topological polar surface area (TPSA) is 38.5 Å². The lowest BCUT2D eigenvalue weighted by atomic mass is 10.1. The first-order valence-corrected chi connectivity index (χ1v) is 5.95. The summed E-state index contributed by atoms with van der Waals surface area (Å²) in [5.74, 6) is 0. The van der Waals surface area contributed by atoms with Crippen LogP contribution < -0.4 is 5.73 Å². The molecule has 0 aromatic heterocycles. The van der Waals surface area contributed by atoms with Gasteiger partial charge in [0.1, 0.15) is 0 Å². The zero-order chi connectivity index (χ0) is 10.7. The van der Waals surface area contributed by atoms with Crippen molar-refractivity contribution in [3.63, 3.8) is 0 Å². The highest BCUT2D eigenvalue weighted by Crippen LogP contribution is 2.24. The maximum Gasteiger partial charge on any atom is 0.0724 e. The highest BCUT2D eigenvalue weighted by atomic mass is 79.9. The number of hydrogen-bond donors (Lipinski definition) is 1. The molecule has 0 spiro atoms. The number of hydrogen-bond acceptors (Lipinski definition) is 3. The summed E-state index contributed by atoms with van der Waals surface area (Å²) < 4.78 is 1.09. The molecule has 3 nitrogen and oxygen atoms in total. The van der Waals surface area contributed by atoms with Crippen LogP contribution in [0, 0.1) is 0 Å². The van der Waals surface area contributed by atoms with Crippen LogP contribution in [0.25, 0.3) is 0 Å². The molecule has 0 amide bonds. The molecule has 1 aromatic rings. The molecule has 1 aliphatic rings. The van der Waals surface area contributed by atoms with E-state index in [1.165, 1.54) is 5.56 Å². The van der Waals surface area contributed by atoms with Gasteiger partial charge < -0.3 is 5.73 Å². The molecule has 1 heterocycles. The van der Waals surface area contributed by atoms with Crippen molar-refractivity contribution in [2.75, 3.05) is 19.7 Å². The van der Waals surface area contributed by atoms with E-state index in [2.05, 4.69) is 28.1 Å². The van der Waals surface area contributed by atoms with E-state index in [9.17, 15) is 0 Å². The van der Waals surface area contributed by atoms with Crippen molar-refractivity contribution >= 4 is 15.9 Å². The standard InChI is InChI=1S/C11H15BrN2O/c12-10-4-2-9(3-5-10)11(8-13)14-6-1-7-15-14/h2-5,11H,1,6-8,13H2. The summed E-state index contributed by atoms with van der Waals surface area (Å²) >= 11 is 3.42. The van der Waals surface area contributed by atoms with Crippen molar-refractivity contribution in [3.8, 4) is 0 Å². The molecule has 1 fully saturated rings. The second-order valence-corrected chi connectivity index (χ2v) is 4.55. The average molecular weight is 271 g/mol. The molecular formula is C11H15BrN2O. The van der Waals surface area contributed by atoms with Gasteiger partial charge >= 0.3 is 0 Å². The third-order valence-corrected chi connectivity index (χ3v) is 3.13. The molecule has 15 heavy (non-hydrogen) atoms. The number of hydroxylamine groups is 2. The molecule has 82 valence electrons. The first-order chi connectivity index (χ1) is 7.31. The van der Waals surface area contributed by atoms with Gasteiger partial charge in [-0.3, -0.25) is 4.84 Å². The minimum absolute atomic E-state index is 0.181. The van der Waals surface area contributed by atoms with Crippen LogP contribution in [0.2, 0.25) is 0 Å². The van der Waals surface area contributed by atoms with Gasteiger partial charge in [0.2, 0.25) is 0 Å². The first kappa shape index (κ1) is 11.1. The van der Waals surface area contributed by atoms with Crippen LogP contribution in [0.3, 0.4) is 0 Å². The van der Waals surface area contributed by atoms with E-state index >= 15 is 0 Å². The molecular weight excluding hydrogens is 256 g/mol. The summed E-state index contributed by atoms with van der Waals surface area (Å²) in [5.41, 5.74) is 7.00. The third-order valence-electron chi connectivity index (χ3n) is 2.61. The van der Waals surface area contributed by atoms with Gasteiger partial charge in [-0.1, -0.05) is 28.1 Å². The fraction of sp³-hybridized carbons (Fsp3) is 0.455. The minimum Gasteiger partial charge on any atom is -0.329 e.